The zero-order valence-corrected chi connectivity index (χ0v) is 12.8. The van der Waals surface area contributed by atoms with Crippen LogP contribution in [0, 0.1) is 0 Å². The molecule has 18 heavy (non-hydrogen) atoms. The van der Waals surface area contributed by atoms with Crippen molar-refractivity contribution in [3.63, 3.8) is 0 Å². The number of amides is 1. The summed E-state index contributed by atoms with van der Waals surface area (Å²) >= 11 is 10.9. The van der Waals surface area contributed by atoms with Crippen LogP contribution < -0.4 is 0 Å². The second-order valence-electron chi connectivity index (χ2n) is 3.86. The van der Waals surface area contributed by atoms with Crippen molar-refractivity contribution in [1.82, 2.24) is 4.90 Å². The van der Waals surface area contributed by atoms with E-state index in [0.717, 1.165) is 9.35 Å². The lowest BCUT2D eigenvalue weighted by Crippen LogP contribution is -2.26. The molecule has 0 saturated heterocycles. The van der Waals surface area contributed by atoms with Gasteiger partial charge in [0.2, 0.25) is 0 Å². The quantitative estimate of drug-likeness (QED) is 0.806. The molecule has 2 nitrogen and oxygen atoms in total. The fourth-order valence-electron chi connectivity index (χ4n) is 1.58. The van der Waals surface area contributed by atoms with E-state index in [4.69, 9.17) is 11.6 Å². The first kappa shape index (κ1) is 13.6. The summed E-state index contributed by atoms with van der Waals surface area (Å²) < 4.78 is 0.720. The third-order valence-electron chi connectivity index (χ3n) is 2.48. The van der Waals surface area contributed by atoms with E-state index < -0.39 is 0 Å². The van der Waals surface area contributed by atoms with Gasteiger partial charge in [-0.2, -0.15) is 0 Å². The third-order valence-corrected chi connectivity index (χ3v) is 4.23. The summed E-state index contributed by atoms with van der Waals surface area (Å²) in [7, 11) is 1.79. The van der Waals surface area contributed by atoms with Crippen molar-refractivity contribution in [2.24, 2.45) is 0 Å². The minimum absolute atomic E-state index is 0.0214. The number of benzene rings is 1. The Bertz CT molecular complexity index is 556. The SMILES string of the molecule is CN(Cc1cccs1)C(=O)c1ccc(Cl)cc1Br. The molecule has 0 fully saturated rings. The van der Waals surface area contributed by atoms with Crippen molar-refractivity contribution in [3.8, 4) is 0 Å². The second-order valence-corrected chi connectivity index (χ2v) is 6.19. The van der Waals surface area contributed by atoms with Gasteiger partial charge in [-0.1, -0.05) is 17.7 Å². The molecule has 1 aromatic carbocycles. The summed E-state index contributed by atoms with van der Waals surface area (Å²) in [6, 6.07) is 9.19. The van der Waals surface area contributed by atoms with Crippen LogP contribution in [-0.4, -0.2) is 17.9 Å². The van der Waals surface area contributed by atoms with Crippen molar-refractivity contribution in [2.75, 3.05) is 7.05 Å². The van der Waals surface area contributed by atoms with Crippen LogP contribution in [0.1, 0.15) is 15.2 Å². The van der Waals surface area contributed by atoms with Crippen molar-refractivity contribution >= 4 is 44.8 Å². The summed E-state index contributed by atoms with van der Waals surface area (Å²) in [6.45, 7) is 0.617. The lowest BCUT2D eigenvalue weighted by Gasteiger charge is -2.17. The summed E-state index contributed by atoms with van der Waals surface area (Å²) in [5.74, 6) is -0.0214. The van der Waals surface area contributed by atoms with Crippen LogP contribution in [0.15, 0.2) is 40.2 Å². The Morgan fingerprint density at radius 3 is 2.83 bits per heavy atom. The standard InChI is InChI=1S/C13H11BrClNOS/c1-16(8-10-3-2-6-18-10)13(17)11-5-4-9(15)7-12(11)14/h2-7H,8H2,1H3. The molecule has 1 heterocycles. The lowest BCUT2D eigenvalue weighted by atomic mass is 10.2. The zero-order valence-electron chi connectivity index (χ0n) is 9.69. The van der Waals surface area contributed by atoms with Gasteiger partial charge in [0.25, 0.3) is 5.91 Å². The Morgan fingerprint density at radius 1 is 1.44 bits per heavy atom. The van der Waals surface area contributed by atoms with Crippen LogP contribution >= 0.6 is 38.9 Å². The first-order valence-electron chi connectivity index (χ1n) is 5.31. The molecule has 0 aliphatic heterocycles. The minimum atomic E-state index is -0.0214. The van der Waals surface area contributed by atoms with E-state index in [1.807, 2.05) is 17.5 Å². The molecule has 0 aliphatic carbocycles. The molecule has 0 bridgehead atoms. The predicted octanol–water partition coefficient (Wildman–Crippen LogP) is 4.44. The third kappa shape index (κ3) is 3.13. The monoisotopic (exact) mass is 343 g/mol. The second kappa shape index (κ2) is 5.87. The number of nitrogens with zero attached hydrogens (tertiary/aromatic N) is 1. The molecule has 1 amide bonds. The van der Waals surface area contributed by atoms with Gasteiger partial charge >= 0.3 is 0 Å². The maximum absolute atomic E-state index is 12.3. The number of rotatable bonds is 3. The smallest absolute Gasteiger partial charge is 0.255 e. The van der Waals surface area contributed by atoms with E-state index in [1.165, 1.54) is 0 Å². The van der Waals surface area contributed by atoms with Gasteiger partial charge in [-0.05, 0) is 45.6 Å². The minimum Gasteiger partial charge on any atom is -0.337 e. The summed E-state index contributed by atoms with van der Waals surface area (Å²) in [4.78, 5) is 15.1. The highest BCUT2D eigenvalue weighted by atomic mass is 79.9. The van der Waals surface area contributed by atoms with Gasteiger partial charge in [0, 0.05) is 21.4 Å². The molecule has 2 rings (SSSR count). The molecule has 0 spiro atoms. The Kier molecular flexibility index (Phi) is 4.43. The van der Waals surface area contributed by atoms with Gasteiger partial charge < -0.3 is 4.90 Å². The van der Waals surface area contributed by atoms with Crippen molar-refractivity contribution in [1.29, 1.82) is 0 Å². The number of carbonyl (C=O) groups is 1. The van der Waals surface area contributed by atoms with Gasteiger partial charge in [-0.15, -0.1) is 11.3 Å². The predicted molar refractivity (Wildman–Crippen MR) is 79.3 cm³/mol. The van der Waals surface area contributed by atoms with Crippen LogP contribution in [0.3, 0.4) is 0 Å². The largest absolute Gasteiger partial charge is 0.337 e. The maximum atomic E-state index is 12.3. The van der Waals surface area contributed by atoms with E-state index in [0.29, 0.717) is 17.1 Å². The average molecular weight is 345 g/mol. The Balaban J connectivity index is 2.15. The van der Waals surface area contributed by atoms with Gasteiger partial charge in [0.05, 0.1) is 12.1 Å². The molecular formula is C13H11BrClNOS. The Hall–Kier alpha value is -0.840. The molecule has 94 valence electrons. The van der Waals surface area contributed by atoms with Gasteiger partial charge in [-0.25, -0.2) is 0 Å². The van der Waals surface area contributed by atoms with Crippen LogP contribution in [0.2, 0.25) is 5.02 Å². The highest BCUT2D eigenvalue weighted by Gasteiger charge is 2.15. The summed E-state index contributed by atoms with van der Waals surface area (Å²) in [5, 5.41) is 2.62. The molecule has 0 aliphatic rings. The van der Waals surface area contributed by atoms with Crippen molar-refractivity contribution in [2.45, 2.75) is 6.54 Å². The number of carbonyl (C=O) groups excluding carboxylic acids is 1. The van der Waals surface area contributed by atoms with E-state index in [-0.39, 0.29) is 5.91 Å². The molecule has 0 unspecified atom stereocenters. The molecule has 0 saturated carbocycles. The molecule has 2 aromatic rings. The summed E-state index contributed by atoms with van der Waals surface area (Å²) in [5.41, 5.74) is 0.624. The van der Waals surface area contributed by atoms with Gasteiger partial charge in [0.1, 0.15) is 0 Å². The van der Waals surface area contributed by atoms with Crippen LogP contribution in [0.4, 0.5) is 0 Å². The fourth-order valence-corrected chi connectivity index (χ4v) is 3.19. The molecule has 0 atom stereocenters. The molecule has 5 heteroatoms. The van der Waals surface area contributed by atoms with Gasteiger partial charge in [-0.3, -0.25) is 4.79 Å². The first-order chi connectivity index (χ1) is 8.58. The number of hydrogen-bond acceptors (Lipinski definition) is 2. The average Bonchev–Trinajstić information content (AvgIpc) is 2.81. The normalized spacial score (nSPS) is 10.4. The van der Waals surface area contributed by atoms with Gasteiger partial charge in [0.15, 0.2) is 0 Å². The van der Waals surface area contributed by atoms with E-state index >= 15 is 0 Å². The maximum Gasteiger partial charge on any atom is 0.255 e. The van der Waals surface area contributed by atoms with E-state index in [2.05, 4.69) is 15.9 Å². The number of hydrogen-bond donors (Lipinski definition) is 0. The molecule has 0 N–H and O–H groups in total. The molecular weight excluding hydrogens is 334 g/mol. The van der Waals surface area contributed by atoms with E-state index in [9.17, 15) is 4.79 Å². The highest BCUT2D eigenvalue weighted by Crippen LogP contribution is 2.23. The highest BCUT2D eigenvalue weighted by molar-refractivity contribution is 9.10. The van der Waals surface area contributed by atoms with Crippen LogP contribution in [-0.2, 0) is 6.54 Å². The number of halogens is 2. The van der Waals surface area contributed by atoms with E-state index in [1.54, 1.807) is 41.5 Å². The number of thiophene rings is 1. The molecule has 0 radical (unpaired) electrons. The fraction of sp³-hybridized carbons (Fsp3) is 0.154. The molecule has 1 aromatic heterocycles. The van der Waals surface area contributed by atoms with Crippen LogP contribution in [0.25, 0.3) is 0 Å². The summed E-state index contributed by atoms with van der Waals surface area (Å²) in [6.07, 6.45) is 0. The lowest BCUT2D eigenvalue weighted by molar-refractivity contribution is 0.0785. The Labute approximate surface area is 123 Å². The zero-order chi connectivity index (χ0) is 13.1. The first-order valence-corrected chi connectivity index (χ1v) is 7.36. The topological polar surface area (TPSA) is 20.3 Å². The van der Waals surface area contributed by atoms with Crippen LogP contribution in [0.5, 0.6) is 0 Å². The van der Waals surface area contributed by atoms with Crippen molar-refractivity contribution in [3.05, 3.63) is 55.6 Å². The van der Waals surface area contributed by atoms with Crippen molar-refractivity contribution < 1.29 is 4.79 Å². The Morgan fingerprint density at radius 2 is 2.22 bits per heavy atom.